The number of fused-ring (bicyclic) bond motifs is 2. The van der Waals surface area contributed by atoms with Crippen LogP contribution in [0.4, 0.5) is 0 Å². The van der Waals surface area contributed by atoms with Crippen LogP contribution in [0.25, 0.3) is 0 Å². The Bertz CT molecular complexity index is 367. The van der Waals surface area contributed by atoms with Gasteiger partial charge in [-0.2, -0.15) is 0 Å². The van der Waals surface area contributed by atoms with Crippen LogP contribution in [0.5, 0.6) is 0 Å². The highest BCUT2D eigenvalue weighted by atomic mass is 16.6. The molecule has 0 unspecified atom stereocenters. The zero-order chi connectivity index (χ0) is 13.1. The maximum Gasteiger partial charge on any atom is 0.309 e. The fourth-order valence-electron chi connectivity index (χ4n) is 4.72. The van der Waals surface area contributed by atoms with E-state index in [4.69, 9.17) is 4.74 Å². The SMILES string of the molecule is C[C@H]1[C@H](O)CC[C@]2(C)C[C@H]3OC(=O)[C@H](C)[C@H]3C[C@@H]12. The second-order valence-corrected chi connectivity index (χ2v) is 7.09. The summed E-state index contributed by atoms with van der Waals surface area (Å²) in [5, 5.41) is 10.1. The molecule has 1 saturated heterocycles. The molecule has 0 spiro atoms. The third-order valence-electron chi connectivity index (χ3n) is 6.10. The lowest BCUT2D eigenvalue weighted by molar-refractivity contribution is -0.148. The molecule has 0 radical (unpaired) electrons. The minimum absolute atomic E-state index is 0.0135. The zero-order valence-corrected chi connectivity index (χ0v) is 11.6. The summed E-state index contributed by atoms with van der Waals surface area (Å²) < 4.78 is 5.55. The number of aliphatic hydroxyl groups excluding tert-OH is 1. The summed E-state index contributed by atoms with van der Waals surface area (Å²) in [6, 6.07) is 0. The molecule has 1 aliphatic heterocycles. The van der Waals surface area contributed by atoms with Crippen molar-refractivity contribution < 1.29 is 14.6 Å². The number of hydrogen-bond donors (Lipinski definition) is 1. The molecule has 3 fully saturated rings. The fraction of sp³-hybridized carbons (Fsp3) is 0.933. The molecule has 2 aliphatic carbocycles. The third kappa shape index (κ3) is 1.63. The second-order valence-electron chi connectivity index (χ2n) is 7.09. The molecule has 0 aromatic carbocycles. The first kappa shape index (κ1) is 12.5. The molecule has 3 aliphatic rings. The van der Waals surface area contributed by atoms with E-state index in [1.165, 1.54) is 0 Å². The summed E-state index contributed by atoms with van der Waals surface area (Å²) in [5.41, 5.74) is 0.254. The maximum atomic E-state index is 11.7. The van der Waals surface area contributed by atoms with E-state index in [9.17, 15) is 9.90 Å². The minimum atomic E-state index is -0.159. The topological polar surface area (TPSA) is 46.5 Å². The number of ether oxygens (including phenoxy) is 1. The van der Waals surface area contributed by atoms with E-state index in [0.717, 1.165) is 25.7 Å². The van der Waals surface area contributed by atoms with Gasteiger partial charge < -0.3 is 9.84 Å². The molecule has 7 atom stereocenters. The molecule has 1 N–H and O–H groups in total. The van der Waals surface area contributed by atoms with E-state index < -0.39 is 0 Å². The van der Waals surface area contributed by atoms with Crippen LogP contribution in [0.15, 0.2) is 0 Å². The summed E-state index contributed by atoms with van der Waals surface area (Å²) in [7, 11) is 0. The molecule has 2 saturated carbocycles. The van der Waals surface area contributed by atoms with E-state index in [0.29, 0.717) is 17.8 Å². The van der Waals surface area contributed by atoms with Crippen LogP contribution in [0.2, 0.25) is 0 Å². The van der Waals surface area contributed by atoms with Crippen LogP contribution in [0.3, 0.4) is 0 Å². The Kier molecular flexibility index (Phi) is 2.74. The van der Waals surface area contributed by atoms with Gasteiger partial charge in [0.1, 0.15) is 6.10 Å². The van der Waals surface area contributed by atoms with E-state index in [-0.39, 0.29) is 29.5 Å². The Hall–Kier alpha value is -0.570. The summed E-state index contributed by atoms with van der Waals surface area (Å²) in [6.07, 6.45) is 3.99. The van der Waals surface area contributed by atoms with Crippen molar-refractivity contribution in [3.05, 3.63) is 0 Å². The smallest absolute Gasteiger partial charge is 0.309 e. The standard InChI is InChI=1S/C15H24O3/c1-8-10-6-11-9(2)12(16)4-5-15(11,3)7-13(10)18-14(8)17/h8-13,16H,4-7H2,1-3H3/t8-,9-,10-,11+,12-,13-,15-/m1/s1. The predicted octanol–water partition coefficient (Wildman–Crippen LogP) is 2.37. The van der Waals surface area contributed by atoms with Crippen LogP contribution >= 0.6 is 0 Å². The maximum absolute atomic E-state index is 11.7. The van der Waals surface area contributed by atoms with Crippen molar-refractivity contribution in [3.63, 3.8) is 0 Å². The lowest BCUT2D eigenvalue weighted by Crippen LogP contribution is -2.50. The van der Waals surface area contributed by atoms with Gasteiger partial charge in [-0.05, 0) is 42.9 Å². The molecule has 102 valence electrons. The number of aliphatic hydroxyl groups is 1. The molecule has 3 rings (SSSR count). The highest BCUT2D eigenvalue weighted by molar-refractivity contribution is 5.74. The molecule has 0 amide bonds. The van der Waals surface area contributed by atoms with Crippen LogP contribution in [0, 0.1) is 29.1 Å². The van der Waals surface area contributed by atoms with E-state index >= 15 is 0 Å². The van der Waals surface area contributed by atoms with Crippen molar-refractivity contribution in [2.24, 2.45) is 29.1 Å². The van der Waals surface area contributed by atoms with Crippen molar-refractivity contribution in [2.45, 2.75) is 58.7 Å². The molecule has 0 aromatic heterocycles. The fourth-order valence-corrected chi connectivity index (χ4v) is 4.72. The molecule has 3 nitrogen and oxygen atoms in total. The van der Waals surface area contributed by atoms with Gasteiger partial charge in [0.2, 0.25) is 0 Å². The first-order valence-electron chi connectivity index (χ1n) is 7.31. The van der Waals surface area contributed by atoms with E-state index in [1.807, 2.05) is 6.92 Å². The van der Waals surface area contributed by atoms with Crippen molar-refractivity contribution in [1.82, 2.24) is 0 Å². The Balaban J connectivity index is 1.86. The summed E-state index contributed by atoms with van der Waals surface area (Å²) in [6.45, 7) is 6.50. The van der Waals surface area contributed by atoms with Crippen molar-refractivity contribution in [2.75, 3.05) is 0 Å². The Morgan fingerprint density at radius 2 is 2.11 bits per heavy atom. The zero-order valence-electron chi connectivity index (χ0n) is 11.6. The highest BCUT2D eigenvalue weighted by Crippen LogP contribution is 2.57. The lowest BCUT2D eigenvalue weighted by Gasteiger charge is -2.53. The largest absolute Gasteiger partial charge is 0.462 e. The monoisotopic (exact) mass is 252 g/mol. The normalized spacial score (nSPS) is 55.7. The third-order valence-corrected chi connectivity index (χ3v) is 6.10. The first-order chi connectivity index (χ1) is 8.42. The quantitative estimate of drug-likeness (QED) is 0.673. The van der Waals surface area contributed by atoms with Crippen LogP contribution < -0.4 is 0 Å². The average Bonchev–Trinajstić information content (AvgIpc) is 2.58. The van der Waals surface area contributed by atoms with Gasteiger partial charge in [0.15, 0.2) is 0 Å². The minimum Gasteiger partial charge on any atom is -0.462 e. The van der Waals surface area contributed by atoms with E-state index in [1.54, 1.807) is 0 Å². The number of esters is 1. The molecule has 18 heavy (non-hydrogen) atoms. The first-order valence-corrected chi connectivity index (χ1v) is 7.31. The van der Waals surface area contributed by atoms with Gasteiger partial charge in [0, 0.05) is 5.92 Å². The van der Waals surface area contributed by atoms with Crippen LogP contribution in [-0.2, 0) is 9.53 Å². The molecule has 0 aromatic rings. The number of carbonyl (C=O) groups is 1. The molecule has 0 bridgehead atoms. The van der Waals surface area contributed by atoms with Crippen molar-refractivity contribution >= 4 is 5.97 Å². The van der Waals surface area contributed by atoms with Gasteiger partial charge in [-0.1, -0.05) is 20.8 Å². The number of rotatable bonds is 0. The Morgan fingerprint density at radius 3 is 2.83 bits per heavy atom. The predicted molar refractivity (Wildman–Crippen MR) is 67.8 cm³/mol. The summed E-state index contributed by atoms with van der Waals surface area (Å²) in [4.78, 5) is 11.7. The highest BCUT2D eigenvalue weighted by Gasteiger charge is 2.55. The van der Waals surface area contributed by atoms with Gasteiger partial charge >= 0.3 is 5.97 Å². The van der Waals surface area contributed by atoms with Gasteiger partial charge in [0.05, 0.1) is 12.0 Å². The molecule has 1 heterocycles. The molecule has 3 heteroatoms. The van der Waals surface area contributed by atoms with Gasteiger partial charge in [-0.25, -0.2) is 0 Å². The number of carbonyl (C=O) groups excluding carboxylic acids is 1. The molecular formula is C15H24O3. The second kappa shape index (κ2) is 3.96. The Labute approximate surface area is 109 Å². The van der Waals surface area contributed by atoms with Crippen molar-refractivity contribution in [1.29, 1.82) is 0 Å². The van der Waals surface area contributed by atoms with E-state index in [2.05, 4.69) is 13.8 Å². The number of hydrogen-bond acceptors (Lipinski definition) is 3. The van der Waals surface area contributed by atoms with Gasteiger partial charge in [-0.15, -0.1) is 0 Å². The Morgan fingerprint density at radius 1 is 1.39 bits per heavy atom. The summed E-state index contributed by atoms with van der Waals surface area (Å²) >= 11 is 0. The summed E-state index contributed by atoms with van der Waals surface area (Å²) in [5.74, 6) is 1.31. The average molecular weight is 252 g/mol. The van der Waals surface area contributed by atoms with Crippen molar-refractivity contribution in [3.8, 4) is 0 Å². The lowest BCUT2D eigenvalue weighted by atomic mass is 9.53. The molecular weight excluding hydrogens is 228 g/mol. The van der Waals surface area contributed by atoms with Gasteiger partial charge in [-0.3, -0.25) is 4.79 Å². The van der Waals surface area contributed by atoms with Gasteiger partial charge in [0.25, 0.3) is 0 Å². The van der Waals surface area contributed by atoms with Crippen LogP contribution in [0.1, 0.15) is 46.5 Å². The van der Waals surface area contributed by atoms with Crippen LogP contribution in [-0.4, -0.2) is 23.3 Å².